The third kappa shape index (κ3) is 3.48. The molecule has 2 aromatic carbocycles. The number of nitrogens with one attached hydrogen (secondary N) is 1. The number of carbonyl (C=O) groups excluding carboxylic acids is 2. The topological polar surface area (TPSA) is 109 Å². The van der Waals surface area contributed by atoms with Crippen LogP contribution in [0.4, 0.5) is 0 Å². The zero-order chi connectivity index (χ0) is 23.9. The van der Waals surface area contributed by atoms with Crippen molar-refractivity contribution < 1.29 is 14.7 Å². The lowest BCUT2D eigenvalue weighted by molar-refractivity contribution is -0.151. The molecular weight excluding hydrogens is 428 g/mol. The molecule has 1 fully saturated rings. The molecule has 5 rings (SSSR count). The molecule has 0 spiro atoms. The lowest BCUT2D eigenvalue weighted by Gasteiger charge is -2.32. The largest absolute Gasteiger partial charge is 0.372 e. The van der Waals surface area contributed by atoms with Crippen LogP contribution in [0.5, 0.6) is 0 Å². The standard InChI is InChI=1S/C27H28N4O3/c1-17-10-11-18(15-28)19(14-17)16-30-25(32)23-9-5-13-31(23)26(33)27(34)21-7-3-2-6-20(21)24-22(27)8-4-12-29-24/h2-4,6-8,10-12,14,23,34H,5,9,13,15-16,28H2,1H3,(H,30,32). The van der Waals surface area contributed by atoms with E-state index in [0.29, 0.717) is 49.3 Å². The van der Waals surface area contributed by atoms with E-state index in [1.165, 1.54) is 4.90 Å². The summed E-state index contributed by atoms with van der Waals surface area (Å²) >= 11 is 0. The zero-order valence-electron chi connectivity index (χ0n) is 19.1. The number of amides is 2. The van der Waals surface area contributed by atoms with Crippen LogP contribution >= 0.6 is 0 Å². The highest BCUT2D eigenvalue weighted by atomic mass is 16.3. The summed E-state index contributed by atoms with van der Waals surface area (Å²) < 4.78 is 0. The summed E-state index contributed by atoms with van der Waals surface area (Å²) in [6.45, 7) is 3.14. The number of fused-ring (bicyclic) bond motifs is 3. The molecule has 2 atom stereocenters. The van der Waals surface area contributed by atoms with Gasteiger partial charge in [0.1, 0.15) is 6.04 Å². The molecule has 174 valence electrons. The lowest BCUT2D eigenvalue weighted by Crippen LogP contribution is -2.52. The van der Waals surface area contributed by atoms with Crippen LogP contribution in [0.15, 0.2) is 60.8 Å². The number of aliphatic hydroxyl groups is 1. The minimum absolute atomic E-state index is 0.225. The minimum atomic E-state index is -1.87. The van der Waals surface area contributed by atoms with Crippen molar-refractivity contribution in [3.8, 4) is 11.3 Å². The van der Waals surface area contributed by atoms with Gasteiger partial charge in [-0.1, -0.05) is 54.1 Å². The Morgan fingerprint density at radius 3 is 2.76 bits per heavy atom. The summed E-state index contributed by atoms with van der Waals surface area (Å²) in [5, 5.41) is 14.8. The van der Waals surface area contributed by atoms with Gasteiger partial charge in [-0.15, -0.1) is 0 Å². The number of pyridine rings is 1. The summed E-state index contributed by atoms with van der Waals surface area (Å²) in [4.78, 5) is 33.0. The van der Waals surface area contributed by atoms with Gasteiger partial charge in [-0.2, -0.15) is 0 Å². The van der Waals surface area contributed by atoms with E-state index in [0.717, 1.165) is 22.3 Å². The number of hydrogen-bond donors (Lipinski definition) is 3. The monoisotopic (exact) mass is 456 g/mol. The van der Waals surface area contributed by atoms with Gasteiger partial charge < -0.3 is 21.1 Å². The van der Waals surface area contributed by atoms with E-state index in [1.807, 2.05) is 37.3 Å². The number of aromatic nitrogens is 1. The minimum Gasteiger partial charge on any atom is -0.372 e. The summed E-state index contributed by atoms with van der Waals surface area (Å²) in [5.74, 6) is -0.709. The average molecular weight is 457 g/mol. The van der Waals surface area contributed by atoms with Crippen molar-refractivity contribution in [3.05, 3.63) is 88.6 Å². The fourth-order valence-corrected chi connectivity index (χ4v) is 5.20. The van der Waals surface area contributed by atoms with E-state index in [-0.39, 0.29) is 5.91 Å². The van der Waals surface area contributed by atoms with E-state index in [2.05, 4.69) is 10.3 Å². The van der Waals surface area contributed by atoms with Crippen LogP contribution in [-0.4, -0.2) is 39.4 Å². The highest BCUT2D eigenvalue weighted by Gasteiger charge is 2.52. The van der Waals surface area contributed by atoms with Crippen molar-refractivity contribution in [1.82, 2.24) is 15.2 Å². The van der Waals surface area contributed by atoms with E-state index in [9.17, 15) is 14.7 Å². The Labute approximate surface area is 198 Å². The Balaban J connectivity index is 1.41. The van der Waals surface area contributed by atoms with Gasteiger partial charge in [0.05, 0.1) is 5.69 Å². The highest BCUT2D eigenvalue weighted by molar-refractivity contribution is 6.00. The van der Waals surface area contributed by atoms with E-state index >= 15 is 0 Å². The van der Waals surface area contributed by atoms with Crippen molar-refractivity contribution in [1.29, 1.82) is 0 Å². The summed E-state index contributed by atoms with van der Waals surface area (Å²) in [6, 6.07) is 16.1. The number of hydrogen-bond acceptors (Lipinski definition) is 5. The van der Waals surface area contributed by atoms with Gasteiger partial charge in [-0.25, -0.2) is 0 Å². The van der Waals surface area contributed by atoms with Crippen molar-refractivity contribution in [3.63, 3.8) is 0 Å². The Morgan fingerprint density at radius 2 is 1.94 bits per heavy atom. The number of rotatable bonds is 5. The molecule has 2 aliphatic rings. The molecule has 2 amide bonds. The lowest BCUT2D eigenvalue weighted by atomic mass is 9.90. The van der Waals surface area contributed by atoms with Crippen LogP contribution in [0.25, 0.3) is 11.3 Å². The first-order chi connectivity index (χ1) is 16.4. The van der Waals surface area contributed by atoms with Crippen LogP contribution in [0.2, 0.25) is 0 Å². The quantitative estimate of drug-likeness (QED) is 0.546. The predicted molar refractivity (Wildman–Crippen MR) is 128 cm³/mol. The molecular formula is C27H28N4O3. The van der Waals surface area contributed by atoms with Crippen molar-refractivity contribution >= 4 is 11.8 Å². The summed E-state index contributed by atoms with van der Waals surface area (Å²) in [7, 11) is 0. The third-order valence-corrected chi connectivity index (χ3v) is 6.93. The fraction of sp³-hybridized carbons (Fsp3) is 0.296. The van der Waals surface area contributed by atoms with Crippen LogP contribution in [0, 0.1) is 6.92 Å². The molecule has 1 aliphatic carbocycles. The first-order valence-electron chi connectivity index (χ1n) is 11.6. The van der Waals surface area contributed by atoms with Crippen LogP contribution < -0.4 is 11.1 Å². The Morgan fingerprint density at radius 1 is 1.15 bits per heavy atom. The Kier molecular flexibility index (Phi) is 5.67. The van der Waals surface area contributed by atoms with Crippen molar-refractivity contribution in [2.75, 3.05) is 6.54 Å². The van der Waals surface area contributed by atoms with E-state index in [1.54, 1.807) is 30.5 Å². The molecule has 7 heteroatoms. The Hall–Kier alpha value is -3.55. The molecule has 7 nitrogen and oxygen atoms in total. The average Bonchev–Trinajstić information content (AvgIpc) is 3.45. The molecule has 2 heterocycles. The Bertz CT molecular complexity index is 1230. The van der Waals surface area contributed by atoms with Crippen molar-refractivity contribution in [2.24, 2.45) is 5.73 Å². The van der Waals surface area contributed by atoms with Gasteiger partial charge in [0.15, 0.2) is 5.60 Å². The molecule has 0 saturated carbocycles. The second-order valence-electron chi connectivity index (χ2n) is 9.01. The second-order valence-corrected chi connectivity index (χ2v) is 9.01. The van der Waals surface area contributed by atoms with Gasteiger partial charge in [0.25, 0.3) is 5.91 Å². The first-order valence-corrected chi connectivity index (χ1v) is 11.6. The summed E-state index contributed by atoms with van der Waals surface area (Å²) in [6.07, 6.45) is 2.89. The molecule has 2 unspecified atom stereocenters. The molecule has 3 aromatic rings. The number of carbonyl (C=O) groups is 2. The number of likely N-dealkylation sites (tertiary alicyclic amines) is 1. The fourth-order valence-electron chi connectivity index (χ4n) is 5.20. The number of aryl methyl sites for hydroxylation is 1. The van der Waals surface area contributed by atoms with Crippen molar-refractivity contribution in [2.45, 2.75) is 44.5 Å². The van der Waals surface area contributed by atoms with Gasteiger partial charge >= 0.3 is 0 Å². The smallest absolute Gasteiger partial charge is 0.264 e. The van der Waals surface area contributed by atoms with Gasteiger partial charge in [-0.05, 0) is 37.0 Å². The van der Waals surface area contributed by atoms with Gasteiger partial charge in [0.2, 0.25) is 5.91 Å². The van der Waals surface area contributed by atoms with Crippen LogP contribution in [-0.2, 0) is 28.3 Å². The van der Waals surface area contributed by atoms with E-state index < -0.39 is 17.6 Å². The van der Waals surface area contributed by atoms with E-state index in [4.69, 9.17) is 5.73 Å². The van der Waals surface area contributed by atoms with Gasteiger partial charge in [-0.3, -0.25) is 14.6 Å². The molecule has 1 saturated heterocycles. The summed E-state index contributed by atoms with van der Waals surface area (Å²) in [5.41, 5.74) is 9.33. The third-order valence-electron chi connectivity index (χ3n) is 6.93. The van der Waals surface area contributed by atoms with Gasteiger partial charge in [0, 0.05) is 42.5 Å². The molecule has 0 radical (unpaired) electrons. The highest BCUT2D eigenvalue weighted by Crippen LogP contribution is 2.47. The molecule has 1 aliphatic heterocycles. The maximum atomic E-state index is 13.9. The molecule has 4 N–H and O–H groups in total. The second kappa shape index (κ2) is 8.66. The number of benzene rings is 2. The maximum absolute atomic E-state index is 13.9. The SMILES string of the molecule is Cc1ccc(CN)c(CNC(=O)C2CCCN2C(=O)C2(O)c3ccccc3-c3ncccc32)c1. The number of nitrogens with two attached hydrogens (primary N) is 1. The normalized spacial score (nSPS) is 20.7. The predicted octanol–water partition coefficient (Wildman–Crippen LogP) is 2.37. The van der Waals surface area contributed by atoms with Crippen LogP contribution in [0.1, 0.15) is 40.7 Å². The first kappa shape index (κ1) is 22.3. The molecule has 34 heavy (non-hydrogen) atoms. The van der Waals surface area contributed by atoms with Crippen LogP contribution in [0.3, 0.4) is 0 Å². The maximum Gasteiger partial charge on any atom is 0.264 e. The molecule has 0 bridgehead atoms. The zero-order valence-corrected chi connectivity index (χ0v) is 19.1. The molecule has 1 aromatic heterocycles. The number of nitrogens with zero attached hydrogens (tertiary/aromatic N) is 2.